The molecule has 3 aliphatic heterocycles. The van der Waals surface area contributed by atoms with Crippen LogP contribution in [0, 0.1) is 23.3 Å². The van der Waals surface area contributed by atoms with E-state index < -0.39 is 46.3 Å². The lowest BCUT2D eigenvalue weighted by Crippen LogP contribution is -2.74. The molecule has 62 heavy (non-hydrogen) atoms. The average Bonchev–Trinajstić information content (AvgIpc) is 3.25. The number of nitrogens with zero attached hydrogens (tertiary/aromatic N) is 6. The summed E-state index contributed by atoms with van der Waals surface area (Å²) in [5.41, 5.74) is -0.434. The van der Waals surface area contributed by atoms with Crippen LogP contribution in [0.4, 0.5) is 30.2 Å². The summed E-state index contributed by atoms with van der Waals surface area (Å²) in [5, 5.41) is 11.0. The first-order chi connectivity index (χ1) is 29.4. The number of halogens is 3. The number of imide groups is 1. The van der Waals surface area contributed by atoms with Gasteiger partial charge >= 0.3 is 6.18 Å². The van der Waals surface area contributed by atoms with Gasteiger partial charge in [-0.15, -0.1) is 0 Å². The highest BCUT2D eigenvalue weighted by Crippen LogP contribution is 2.56. The van der Waals surface area contributed by atoms with Crippen molar-refractivity contribution in [3.63, 3.8) is 0 Å². The van der Waals surface area contributed by atoms with Gasteiger partial charge in [-0.25, -0.2) is 9.53 Å². The summed E-state index contributed by atoms with van der Waals surface area (Å²) in [6, 6.07) is 15.7. The monoisotopic (exact) mass is 852 g/mol. The zero-order valence-corrected chi connectivity index (χ0v) is 35.3. The molecular weight excluding hydrogens is 802 g/mol. The summed E-state index contributed by atoms with van der Waals surface area (Å²) in [7, 11) is 0. The normalized spacial score (nSPS) is 23.0. The van der Waals surface area contributed by atoms with Crippen molar-refractivity contribution < 1.29 is 32.3 Å². The topological polar surface area (TPSA) is 133 Å². The fourth-order valence-corrected chi connectivity index (χ4v) is 10.3. The Kier molecular flexibility index (Phi) is 11.3. The Morgan fingerprint density at radius 2 is 1.55 bits per heavy atom. The van der Waals surface area contributed by atoms with Gasteiger partial charge in [-0.1, -0.05) is 33.8 Å². The van der Waals surface area contributed by atoms with Crippen molar-refractivity contribution in [3.8, 4) is 5.75 Å². The molecule has 1 aliphatic carbocycles. The lowest BCUT2D eigenvalue weighted by molar-refractivity contribution is -0.164. The Morgan fingerprint density at radius 1 is 0.887 bits per heavy atom. The molecular formula is C46H51F3N8O5. The number of fused-ring (bicyclic) bond motifs is 1. The molecule has 1 aromatic heterocycles. The number of anilines is 2. The molecule has 4 fully saturated rings. The summed E-state index contributed by atoms with van der Waals surface area (Å²) in [6.45, 7) is 21.3. The smallest absolute Gasteiger partial charge is 0.407 e. The summed E-state index contributed by atoms with van der Waals surface area (Å²) < 4.78 is 48.2. The van der Waals surface area contributed by atoms with Crippen LogP contribution in [0.15, 0.2) is 71.7 Å². The van der Waals surface area contributed by atoms with E-state index in [1.165, 1.54) is 10.7 Å². The molecule has 3 aromatic carbocycles. The van der Waals surface area contributed by atoms with Gasteiger partial charge < -0.3 is 19.9 Å². The predicted octanol–water partition coefficient (Wildman–Crippen LogP) is 6.59. The number of piperazine rings is 1. The minimum atomic E-state index is -4.68. The van der Waals surface area contributed by atoms with Gasteiger partial charge in [0.25, 0.3) is 17.4 Å². The van der Waals surface area contributed by atoms with Crippen molar-refractivity contribution in [3.05, 3.63) is 99.8 Å². The standard InChI is InChI=1S/C46H51F3N8O5/c1-44(2)42(45(3,4)43(44)62-33-11-13-36(50-5)35(25-33)46(47,48)49)53-39(59)29-6-8-31(9-7-29)55-18-16-28(17-19-55)27-54-20-22-56(23-21-54)32-10-12-34-30(24-32)26-51-57(41(34)61)37-14-15-38(58)52-40(37)60/h6-13,24-26,28,37,42-43H,14-23,27H2,1-4H3,(H,53,59)(H,52,58,60). The van der Waals surface area contributed by atoms with Crippen molar-refractivity contribution in [2.45, 2.75) is 77.7 Å². The summed E-state index contributed by atoms with van der Waals surface area (Å²) in [6.07, 6.45) is -1.02. The van der Waals surface area contributed by atoms with Gasteiger partial charge in [0.05, 0.1) is 23.7 Å². The first-order valence-electron chi connectivity index (χ1n) is 21.2. The molecule has 1 unspecified atom stereocenters. The number of nitrogens with one attached hydrogen (secondary N) is 2. The quantitative estimate of drug-likeness (QED) is 0.141. The largest absolute Gasteiger partial charge is 0.489 e. The third-order valence-corrected chi connectivity index (χ3v) is 13.4. The number of piperidine rings is 2. The molecule has 1 atom stereocenters. The number of carbonyl (C=O) groups is 3. The van der Waals surface area contributed by atoms with E-state index in [0.29, 0.717) is 22.3 Å². The highest BCUT2D eigenvalue weighted by Gasteiger charge is 2.64. The van der Waals surface area contributed by atoms with E-state index in [1.807, 2.05) is 64.1 Å². The van der Waals surface area contributed by atoms with Crippen LogP contribution < -0.4 is 30.7 Å². The Balaban J connectivity index is 0.797. The van der Waals surface area contributed by atoms with E-state index >= 15 is 0 Å². The molecule has 8 rings (SSSR count). The summed E-state index contributed by atoms with van der Waals surface area (Å²) in [4.78, 5) is 60.9. The summed E-state index contributed by atoms with van der Waals surface area (Å²) in [5.74, 6) is -0.462. The number of aromatic nitrogens is 2. The van der Waals surface area contributed by atoms with Crippen LogP contribution in [0.2, 0.25) is 0 Å². The Bertz CT molecular complexity index is 2470. The van der Waals surface area contributed by atoms with E-state index in [1.54, 1.807) is 12.3 Å². The third-order valence-electron chi connectivity index (χ3n) is 13.4. The second-order valence-electron chi connectivity index (χ2n) is 18.2. The molecule has 16 heteroatoms. The van der Waals surface area contributed by atoms with Crippen LogP contribution in [-0.2, 0) is 15.8 Å². The van der Waals surface area contributed by atoms with Crippen LogP contribution in [0.25, 0.3) is 15.6 Å². The van der Waals surface area contributed by atoms with E-state index in [4.69, 9.17) is 11.3 Å². The number of rotatable bonds is 9. The SMILES string of the molecule is [C-]#[N+]c1ccc(OC2C(C)(C)C(NC(=O)c3ccc(N4CCC(CN5CCN(c6ccc7c(=O)n(C8CCC(=O)NC8=O)ncc7c6)CC5)CC4)cc3)C2(C)C)cc1C(F)(F)F. The number of carbonyl (C=O) groups excluding carboxylic acids is 3. The maximum absolute atomic E-state index is 13.6. The maximum atomic E-state index is 13.6. The van der Waals surface area contributed by atoms with Gasteiger partial charge in [-0.3, -0.25) is 29.4 Å². The highest BCUT2D eigenvalue weighted by molar-refractivity contribution is 5.99. The minimum absolute atomic E-state index is 0.0308. The Morgan fingerprint density at radius 3 is 2.19 bits per heavy atom. The van der Waals surface area contributed by atoms with Crippen molar-refractivity contribution in [1.82, 2.24) is 25.3 Å². The van der Waals surface area contributed by atoms with Gasteiger partial charge in [-0.2, -0.15) is 18.3 Å². The Labute approximate surface area is 358 Å². The molecule has 4 aliphatic rings. The maximum Gasteiger partial charge on any atom is 0.407 e. The lowest BCUT2D eigenvalue weighted by atomic mass is 9.49. The predicted molar refractivity (Wildman–Crippen MR) is 228 cm³/mol. The second kappa shape index (κ2) is 16.4. The van der Waals surface area contributed by atoms with Crippen molar-refractivity contribution in [2.24, 2.45) is 16.7 Å². The Hall–Kier alpha value is -5.95. The van der Waals surface area contributed by atoms with Crippen LogP contribution >= 0.6 is 0 Å². The highest BCUT2D eigenvalue weighted by atomic mass is 19.4. The second-order valence-corrected chi connectivity index (χ2v) is 18.2. The molecule has 0 radical (unpaired) electrons. The first kappa shape index (κ1) is 42.7. The number of hydrogen-bond donors (Lipinski definition) is 2. The molecule has 13 nitrogen and oxygen atoms in total. The first-order valence-corrected chi connectivity index (χ1v) is 21.2. The van der Waals surface area contributed by atoms with Gasteiger partial charge in [0.2, 0.25) is 5.91 Å². The molecule has 1 saturated carbocycles. The van der Waals surface area contributed by atoms with Gasteiger partial charge in [0.1, 0.15) is 17.9 Å². The van der Waals surface area contributed by atoms with Crippen molar-refractivity contribution in [2.75, 3.05) is 55.6 Å². The fourth-order valence-electron chi connectivity index (χ4n) is 10.3. The fraction of sp³-hybridized carbons (Fsp3) is 0.478. The third kappa shape index (κ3) is 8.22. The van der Waals surface area contributed by atoms with Gasteiger partial charge in [0.15, 0.2) is 5.69 Å². The van der Waals surface area contributed by atoms with E-state index in [9.17, 15) is 32.3 Å². The zero-order valence-electron chi connectivity index (χ0n) is 35.3. The van der Waals surface area contributed by atoms with E-state index in [-0.39, 0.29) is 42.0 Å². The van der Waals surface area contributed by atoms with Gasteiger partial charge in [0, 0.05) is 91.4 Å². The molecule has 3 amide bonds. The number of hydrogen-bond acceptors (Lipinski definition) is 9. The van der Waals surface area contributed by atoms with Crippen LogP contribution in [-0.4, -0.2) is 90.4 Å². The molecule has 0 bridgehead atoms. The molecule has 3 saturated heterocycles. The number of amides is 3. The molecule has 4 aromatic rings. The number of ether oxygens (including phenoxy) is 1. The van der Waals surface area contributed by atoms with Crippen LogP contribution in [0.3, 0.4) is 0 Å². The number of alkyl halides is 3. The zero-order chi connectivity index (χ0) is 44.1. The molecule has 326 valence electrons. The van der Waals surface area contributed by atoms with Gasteiger partial charge in [-0.05, 0) is 79.8 Å². The van der Waals surface area contributed by atoms with Crippen LogP contribution in [0.5, 0.6) is 5.75 Å². The minimum Gasteiger partial charge on any atom is -0.489 e. The number of benzene rings is 3. The molecule has 0 spiro atoms. The van der Waals surface area contributed by atoms with Crippen molar-refractivity contribution in [1.29, 1.82) is 0 Å². The molecule has 2 N–H and O–H groups in total. The average molecular weight is 853 g/mol. The lowest BCUT2D eigenvalue weighted by Gasteiger charge is -2.63. The van der Waals surface area contributed by atoms with Crippen LogP contribution in [0.1, 0.15) is 75.3 Å². The van der Waals surface area contributed by atoms with Crippen molar-refractivity contribution >= 4 is 45.6 Å². The summed E-state index contributed by atoms with van der Waals surface area (Å²) >= 11 is 0. The molecule has 4 heterocycles. The van der Waals surface area contributed by atoms with E-state index in [2.05, 4.69) is 35.3 Å². The van der Waals surface area contributed by atoms with E-state index in [0.717, 1.165) is 82.2 Å².